The zero-order valence-corrected chi connectivity index (χ0v) is 20.2. The Morgan fingerprint density at radius 3 is 1.06 bits per heavy atom. The van der Waals surface area contributed by atoms with Crippen molar-refractivity contribution in [2.45, 2.75) is 79.1 Å². The highest BCUT2D eigenvalue weighted by molar-refractivity contribution is 5.69. The van der Waals surface area contributed by atoms with Gasteiger partial charge in [-0.1, -0.05) is 53.4 Å². The van der Waals surface area contributed by atoms with Crippen LogP contribution in [0.15, 0.2) is 22.3 Å². The van der Waals surface area contributed by atoms with Crippen LogP contribution in [-0.2, 0) is 0 Å². The molecule has 1 aliphatic carbocycles. The second-order valence-corrected chi connectivity index (χ2v) is 8.24. The highest BCUT2D eigenvalue weighted by atomic mass is 15.3. The number of nitrogens with zero attached hydrogens (tertiary/aromatic N) is 6. The van der Waals surface area contributed by atoms with Crippen LogP contribution < -0.4 is 0 Å². The molecule has 0 aromatic carbocycles. The number of hydrogen-bond donors (Lipinski definition) is 0. The maximum atomic E-state index is 8.76. The molecule has 0 bridgehead atoms. The average Bonchev–Trinajstić information content (AvgIpc) is 3.15. The molecule has 0 heterocycles. The number of allylic oxidation sites excluding steroid dienone is 4. The molecule has 32 heavy (non-hydrogen) atoms. The monoisotopic (exact) mass is 433 g/mol. The molecule has 6 nitrogen and oxygen atoms in total. The van der Waals surface area contributed by atoms with E-state index in [1.54, 1.807) is 30.3 Å². The second-order valence-electron chi connectivity index (χ2n) is 8.24. The molecular weight excluding hydrogens is 396 g/mol. The Balaban J connectivity index is 0.000000604. The van der Waals surface area contributed by atoms with Crippen molar-refractivity contribution in [2.75, 3.05) is 26.2 Å². The van der Waals surface area contributed by atoms with Crippen LogP contribution in [0.25, 0.3) is 0 Å². The third-order valence-corrected chi connectivity index (χ3v) is 5.90. The molecular formula is C26H37N6+. The lowest BCUT2D eigenvalue weighted by Gasteiger charge is -2.39. The van der Waals surface area contributed by atoms with E-state index in [1.807, 2.05) is 0 Å². The minimum atomic E-state index is -1.08. The smallest absolute Gasteiger partial charge is 0.119 e. The number of hydrogen-bond acceptors (Lipinski definition) is 5. The Morgan fingerprint density at radius 2 is 0.875 bits per heavy atom. The first-order valence-electron chi connectivity index (χ1n) is 11.8. The van der Waals surface area contributed by atoms with Crippen LogP contribution in [0.3, 0.4) is 0 Å². The molecule has 0 saturated carbocycles. The summed E-state index contributed by atoms with van der Waals surface area (Å²) in [4.78, 5) is 0. The summed E-state index contributed by atoms with van der Waals surface area (Å²) in [5.41, 5.74) is -0.563. The van der Waals surface area contributed by atoms with Gasteiger partial charge >= 0.3 is 0 Å². The molecule has 0 saturated heterocycles. The Morgan fingerprint density at radius 1 is 0.562 bits per heavy atom. The molecule has 6 heteroatoms. The minimum absolute atomic E-state index is 0.117. The first kappa shape index (κ1) is 28.9. The standard InChI is InChI=1S/C16H36N.C10HN5/c1-5-9-13-17(14-10-6-2,15-11-7-3)16-12-8-4;11-1-6-7(2-12)9(4-14)10(5-15)8(6)3-13/h5-16H2,1-4H3;6H/q+1;. The summed E-state index contributed by atoms with van der Waals surface area (Å²) in [5, 5.41) is 43.7. The zero-order chi connectivity index (χ0) is 24.4. The average molecular weight is 434 g/mol. The fraction of sp³-hybridized carbons (Fsp3) is 0.654. The molecule has 0 atom stereocenters. The van der Waals surface area contributed by atoms with Crippen LogP contribution in [-0.4, -0.2) is 30.7 Å². The van der Waals surface area contributed by atoms with E-state index in [9.17, 15) is 0 Å². The van der Waals surface area contributed by atoms with Gasteiger partial charge in [-0.05, 0) is 25.7 Å². The summed E-state index contributed by atoms with van der Waals surface area (Å²) in [6.07, 6.45) is 11.1. The molecule has 0 radical (unpaired) electrons. The fourth-order valence-corrected chi connectivity index (χ4v) is 3.95. The Labute approximate surface area is 194 Å². The summed E-state index contributed by atoms with van der Waals surface area (Å²) >= 11 is 0. The van der Waals surface area contributed by atoms with Crippen molar-refractivity contribution in [1.82, 2.24) is 0 Å². The van der Waals surface area contributed by atoms with Crippen LogP contribution in [0.4, 0.5) is 0 Å². The third-order valence-electron chi connectivity index (χ3n) is 5.90. The second kappa shape index (κ2) is 16.6. The first-order valence-corrected chi connectivity index (χ1v) is 11.8. The van der Waals surface area contributed by atoms with Gasteiger partial charge in [0.25, 0.3) is 0 Å². The topological polar surface area (TPSA) is 119 Å². The summed E-state index contributed by atoms with van der Waals surface area (Å²) in [5.74, 6) is -1.08. The van der Waals surface area contributed by atoms with Crippen molar-refractivity contribution >= 4 is 0 Å². The number of quaternary nitrogens is 1. The molecule has 0 aliphatic heterocycles. The van der Waals surface area contributed by atoms with Crippen molar-refractivity contribution in [3.05, 3.63) is 22.3 Å². The van der Waals surface area contributed by atoms with Gasteiger partial charge < -0.3 is 4.48 Å². The lowest BCUT2D eigenvalue weighted by atomic mass is 9.98. The molecule has 1 aliphatic rings. The van der Waals surface area contributed by atoms with Crippen LogP contribution in [0.2, 0.25) is 0 Å². The molecule has 0 fully saturated rings. The predicted octanol–water partition coefficient (Wildman–Crippen LogP) is 5.83. The van der Waals surface area contributed by atoms with Gasteiger partial charge in [0.15, 0.2) is 0 Å². The Kier molecular flexibility index (Phi) is 15.0. The normalized spacial score (nSPS) is 13.3. The van der Waals surface area contributed by atoms with Crippen LogP contribution in [0.5, 0.6) is 0 Å². The lowest BCUT2D eigenvalue weighted by Crippen LogP contribution is -2.50. The van der Waals surface area contributed by atoms with Gasteiger partial charge in [0.1, 0.15) is 18.1 Å². The molecule has 0 spiro atoms. The van der Waals surface area contributed by atoms with Gasteiger partial charge in [-0.3, -0.25) is 0 Å². The molecule has 170 valence electrons. The molecule has 0 N–H and O–H groups in total. The lowest BCUT2D eigenvalue weighted by molar-refractivity contribution is -0.929. The van der Waals surface area contributed by atoms with E-state index in [4.69, 9.17) is 26.3 Å². The van der Waals surface area contributed by atoms with Crippen LogP contribution in [0, 0.1) is 62.6 Å². The summed E-state index contributed by atoms with van der Waals surface area (Å²) in [6.45, 7) is 15.0. The summed E-state index contributed by atoms with van der Waals surface area (Å²) < 4.78 is 1.42. The van der Waals surface area contributed by atoms with Crippen molar-refractivity contribution in [1.29, 1.82) is 26.3 Å². The van der Waals surface area contributed by atoms with Gasteiger partial charge in [-0.25, -0.2) is 0 Å². The van der Waals surface area contributed by atoms with E-state index in [2.05, 4.69) is 27.7 Å². The predicted molar refractivity (Wildman–Crippen MR) is 125 cm³/mol. The molecule has 0 aromatic heterocycles. The van der Waals surface area contributed by atoms with Crippen molar-refractivity contribution in [3.8, 4) is 30.3 Å². The van der Waals surface area contributed by atoms with E-state index in [-0.39, 0.29) is 22.3 Å². The van der Waals surface area contributed by atoms with E-state index in [0.717, 1.165) is 0 Å². The van der Waals surface area contributed by atoms with Crippen LogP contribution in [0.1, 0.15) is 79.1 Å². The van der Waals surface area contributed by atoms with Crippen molar-refractivity contribution < 1.29 is 4.48 Å². The van der Waals surface area contributed by atoms with E-state index in [1.165, 1.54) is 82.0 Å². The number of rotatable bonds is 12. The van der Waals surface area contributed by atoms with Crippen molar-refractivity contribution in [3.63, 3.8) is 0 Å². The van der Waals surface area contributed by atoms with Crippen molar-refractivity contribution in [2.24, 2.45) is 5.92 Å². The van der Waals surface area contributed by atoms with Gasteiger partial charge in [0, 0.05) is 0 Å². The first-order chi connectivity index (χ1) is 15.5. The molecule has 0 aromatic rings. The Hall–Kier alpha value is -3.11. The highest BCUT2D eigenvalue weighted by Crippen LogP contribution is 2.35. The van der Waals surface area contributed by atoms with Gasteiger partial charge in [-0.2, -0.15) is 26.3 Å². The molecule has 0 amide bonds. The summed E-state index contributed by atoms with van der Waals surface area (Å²) in [7, 11) is 0. The van der Waals surface area contributed by atoms with Crippen LogP contribution >= 0.6 is 0 Å². The number of nitriles is 5. The van der Waals surface area contributed by atoms with Gasteiger partial charge in [0.2, 0.25) is 0 Å². The zero-order valence-electron chi connectivity index (χ0n) is 20.2. The SMILES string of the molecule is CCCC[N+](CCCC)(CCCC)CCCC.N#CC1=C(C#N)C(C#N)C(C#N)=C1C#N. The van der Waals surface area contributed by atoms with Gasteiger partial charge in [0.05, 0.1) is 66.7 Å². The maximum absolute atomic E-state index is 8.76. The third kappa shape index (κ3) is 8.20. The molecule has 1 rings (SSSR count). The number of unbranched alkanes of at least 4 members (excludes halogenated alkanes) is 4. The van der Waals surface area contributed by atoms with Gasteiger partial charge in [-0.15, -0.1) is 0 Å². The summed E-state index contributed by atoms with van der Waals surface area (Å²) in [6, 6.07) is 8.44. The highest BCUT2D eigenvalue weighted by Gasteiger charge is 2.34. The maximum Gasteiger partial charge on any atom is 0.119 e. The Bertz CT molecular complexity index is 775. The van der Waals surface area contributed by atoms with E-state index < -0.39 is 5.92 Å². The quantitative estimate of drug-likeness (QED) is 0.359. The van der Waals surface area contributed by atoms with E-state index in [0.29, 0.717) is 0 Å². The fourth-order valence-electron chi connectivity index (χ4n) is 3.95. The largest absolute Gasteiger partial charge is 0.324 e. The van der Waals surface area contributed by atoms with E-state index >= 15 is 0 Å². The molecule has 0 unspecified atom stereocenters. The minimum Gasteiger partial charge on any atom is -0.324 e.